The molecule has 142 valence electrons. The molecule has 0 radical (unpaired) electrons. The smallest absolute Gasteiger partial charge is 0.325 e. The number of Topliss-reactive ketones (excluding diaryl/α,β-unsaturated/α-hetero) is 1. The Morgan fingerprint density at radius 3 is 2.37 bits per heavy atom. The van der Waals surface area contributed by atoms with E-state index in [1.807, 2.05) is 0 Å². The Labute approximate surface area is 164 Å². The molecule has 2 aromatic rings. The van der Waals surface area contributed by atoms with Crippen LogP contribution in [0.3, 0.4) is 0 Å². The van der Waals surface area contributed by atoms with Gasteiger partial charge in [0.25, 0.3) is 0 Å². The molecule has 1 saturated carbocycles. The molecule has 27 heavy (non-hydrogen) atoms. The van der Waals surface area contributed by atoms with Crippen molar-refractivity contribution in [3.05, 3.63) is 40.4 Å². The molecule has 0 aliphatic heterocycles. The van der Waals surface area contributed by atoms with Gasteiger partial charge in [0, 0.05) is 11.6 Å². The first-order valence-corrected chi connectivity index (χ1v) is 9.69. The number of amides is 2. The zero-order valence-electron chi connectivity index (χ0n) is 14.3. The maximum absolute atomic E-state index is 12.6. The fraction of sp³-hybridized carbons (Fsp3) is 0.333. The lowest BCUT2D eigenvalue weighted by atomic mass is 9.86. The average molecular weight is 408 g/mol. The first-order valence-electron chi connectivity index (χ1n) is 8.50. The molecule has 1 unspecified atom stereocenters. The molecule has 7 nitrogen and oxygen atoms in total. The first-order chi connectivity index (χ1) is 12.9. The second kappa shape index (κ2) is 8.49. The Hall–Kier alpha value is -2.45. The number of anilines is 2. The predicted molar refractivity (Wildman–Crippen MR) is 104 cm³/mol. The summed E-state index contributed by atoms with van der Waals surface area (Å²) < 4.78 is 0.460. The predicted octanol–water partition coefficient (Wildman–Crippen LogP) is 4.37. The summed E-state index contributed by atoms with van der Waals surface area (Å²) in [5.74, 6) is -2.74. The number of ketones is 1. The van der Waals surface area contributed by atoms with Crippen LogP contribution in [0, 0.1) is 5.92 Å². The van der Waals surface area contributed by atoms with E-state index in [1.54, 1.807) is 24.3 Å². The number of aromatic nitrogens is 1. The van der Waals surface area contributed by atoms with Crippen molar-refractivity contribution in [2.24, 2.45) is 5.92 Å². The first kappa shape index (κ1) is 19.3. The molecule has 3 rings (SSSR count). The van der Waals surface area contributed by atoms with Gasteiger partial charge in [-0.05, 0) is 30.5 Å². The lowest BCUT2D eigenvalue weighted by molar-refractivity contribution is -0.143. The fourth-order valence-electron chi connectivity index (χ4n) is 3.21. The Morgan fingerprint density at radius 1 is 1.15 bits per heavy atom. The minimum absolute atomic E-state index is 0.181. The zero-order valence-corrected chi connectivity index (χ0v) is 15.8. The SMILES string of the molecule is O=C(Nc1ccc(C(C(=O)O)C(=O)C2CCCC2)cc1)Nc1ncc(Cl)s1. The van der Waals surface area contributed by atoms with Crippen LogP contribution >= 0.6 is 22.9 Å². The molecule has 2 amide bonds. The number of thiazole rings is 1. The van der Waals surface area contributed by atoms with Crippen molar-refractivity contribution in [2.45, 2.75) is 31.6 Å². The quantitative estimate of drug-likeness (QED) is 0.616. The summed E-state index contributed by atoms with van der Waals surface area (Å²) in [6.07, 6.45) is 4.87. The second-order valence-electron chi connectivity index (χ2n) is 6.33. The largest absolute Gasteiger partial charge is 0.480 e. The molecule has 1 aliphatic carbocycles. The van der Waals surface area contributed by atoms with Crippen LogP contribution in [0.2, 0.25) is 4.34 Å². The van der Waals surface area contributed by atoms with Crippen molar-refractivity contribution in [2.75, 3.05) is 10.6 Å². The van der Waals surface area contributed by atoms with E-state index in [2.05, 4.69) is 15.6 Å². The van der Waals surface area contributed by atoms with E-state index in [1.165, 1.54) is 6.20 Å². The Bertz CT molecular complexity index is 847. The number of nitrogens with one attached hydrogen (secondary N) is 2. The molecule has 1 aromatic heterocycles. The van der Waals surface area contributed by atoms with Gasteiger partial charge in [-0.3, -0.25) is 14.9 Å². The number of carbonyl (C=O) groups excluding carboxylic acids is 2. The van der Waals surface area contributed by atoms with Gasteiger partial charge < -0.3 is 10.4 Å². The van der Waals surface area contributed by atoms with E-state index in [0.29, 0.717) is 20.7 Å². The third-order valence-corrected chi connectivity index (χ3v) is 5.52. The van der Waals surface area contributed by atoms with Crippen LogP contribution in [0.15, 0.2) is 30.5 Å². The number of nitrogens with zero attached hydrogens (tertiary/aromatic N) is 1. The van der Waals surface area contributed by atoms with Crippen LogP contribution in [0.5, 0.6) is 0 Å². The molecule has 3 N–H and O–H groups in total. The normalized spacial score (nSPS) is 15.3. The molecule has 1 aromatic carbocycles. The third kappa shape index (κ3) is 4.84. The van der Waals surface area contributed by atoms with Gasteiger partial charge in [-0.1, -0.05) is 47.9 Å². The highest BCUT2D eigenvalue weighted by atomic mass is 35.5. The van der Waals surface area contributed by atoms with Crippen molar-refractivity contribution >= 4 is 51.5 Å². The van der Waals surface area contributed by atoms with Gasteiger partial charge in [0.05, 0.1) is 6.20 Å². The average Bonchev–Trinajstić information content (AvgIpc) is 3.28. The summed E-state index contributed by atoms with van der Waals surface area (Å²) in [5.41, 5.74) is 0.883. The van der Waals surface area contributed by atoms with Gasteiger partial charge in [-0.15, -0.1) is 0 Å². The maximum Gasteiger partial charge on any atom is 0.325 e. The number of benzene rings is 1. The highest BCUT2D eigenvalue weighted by molar-refractivity contribution is 7.19. The van der Waals surface area contributed by atoms with Crippen LogP contribution in [0.1, 0.15) is 37.2 Å². The number of carboxylic acid groups (broad SMARTS) is 1. The van der Waals surface area contributed by atoms with Crippen molar-refractivity contribution in [1.82, 2.24) is 4.98 Å². The Kier molecular flexibility index (Phi) is 6.08. The van der Waals surface area contributed by atoms with Crippen molar-refractivity contribution in [1.29, 1.82) is 0 Å². The standard InChI is InChI=1S/C18H18ClN3O4S/c19-13-9-20-18(27-13)22-17(26)21-12-7-5-10(6-8-12)14(16(24)25)15(23)11-3-1-2-4-11/h5-9,11,14H,1-4H2,(H,24,25)(H2,20,21,22,26). The minimum atomic E-state index is -1.17. The number of urea groups is 1. The second-order valence-corrected chi connectivity index (χ2v) is 7.99. The van der Waals surface area contributed by atoms with Crippen molar-refractivity contribution < 1.29 is 19.5 Å². The maximum atomic E-state index is 12.6. The van der Waals surface area contributed by atoms with Crippen LogP contribution in [-0.4, -0.2) is 27.9 Å². The van der Waals surface area contributed by atoms with Crippen molar-refractivity contribution in [3.63, 3.8) is 0 Å². The Morgan fingerprint density at radius 2 is 1.81 bits per heavy atom. The fourth-order valence-corrected chi connectivity index (χ4v) is 4.01. The van der Waals surface area contributed by atoms with Gasteiger partial charge >= 0.3 is 12.0 Å². The monoisotopic (exact) mass is 407 g/mol. The third-order valence-electron chi connectivity index (χ3n) is 4.49. The van der Waals surface area contributed by atoms with Crippen LogP contribution in [-0.2, 0) is 9.59 Å². The van der Waals surface area contributed by atoms with Gasteiger partial charge in [-0.2, -0.15) is 0 Å². The van der Waals surface area contributed by atoms with E-state index < -0.39 is 17.9 Å². The van der Waals surface area contributed by atoms with Gasteiger partial charge in [0.2, 0.25) is 0 Å². The van der Waals surface area contributed by atoms with Crippen LogP contribution in [0.4, 0.5) is 15.6 Å². The van der Waals surface area contributed by atoms with Crippen molar-refractivity contribution in [3.8, 4) is 0 Å². The number of carboxylic acids is 1. The number of halogens is 1. The highest BCUT2D eigenvalue weighted by Gasteiger charge is 2.34. The lowest BCUT2D eigenvalue weighted by Crippen LogP contribution is -2.27. The lowest BCUT2D eigenvalue weighted by Gasteiger charge is -2.16. The van der Waals surface area contributed by atoms with E-state index in [-0.39, 0.29) is 11.7 Å². The van der Waals surface area contributed by atoms with Gasteiger partial charge in [0.1, 0.15) is 10.3 Å². The molecule has 1 aliphatic rings. The van der Waals surface area contributed by atoms with Crippen LogP contribution < -0.4 is 10.6 Å². The summed E-state index contributed by atoms with van der Waals surface area (Å²) >= 11 is 6.89. The molecule has 0 saturated heterocycles. The van der Waals surface area contributed by atoms with E-state index in [0.717, 1.165) is 37.0 Å². The summed E-state index contributed by atoms with van der Waals surface area (Å²) in [6.45, 7) is 0. The highest BCUT2D eigenvalue weighted by Crippen LogP contribution is 2.32. The molecule has 0 bridgehead atoms. The molecule has 0 spiro atoms. The Balaban J connectivity index is 1.66. The molecule has 9 heteroatoms. The molecular formula is C18H18ClN3O4S. The molecular weight excluding hydrogens is 390 g/mol. The summed E-state index contributed by atoms with van der Waals surface area (Å²) in [6, 6.07) is 5.76. The molecule has 1 fully saturated rings. The van der Waals surface area contributed by atoms with Gasteiger partial charge in [-0.25, -0.2) is 9.78 Å². The molecule has 1 heterocycles. The number of hydrogen-bond donors (Lipinski definition) is 3. The summed E-state index contributed by atoms with van der Waals surface area (Å²) in [5, 5.41) is 15.1. The summed E-state index contributed by atoms with van der Waals surface area (Å²) in [4.78, 5) is 40.1. The number of aliphatic carboxylic acids is 1. The zero-order chi connectivity index (χ0) is 19.4. The molecule has 1 atom stereocenters. The van der Waals surface area contributed by atoms with Crippen LogP contribution in [0.25, 0.3) is 0 Å². The number of carbonyl (C=O) groups is 3. The minimum Gasteiger partial charge on any atom is -0.480 e. The topological polar surface area (TPSA) is 108 Å². The van der Waals surface area contributed by atoms with E-state index >= 15 is 0 Å². The number of hydrogen-bond acceptors (Lipinski definition) is 5. The van der Waals surface area contributed by atoms with E-state index in [4.69, 9.17) is 11.6 Å². The van der Waals surface area contributed by atoms with E-state index in [9.17, 15) is 19.5 Å². The number of rotatable bonds is 6. The summed E-state index contributed by atoms with van der Waals surface area (Å²) in [7, 11) is 0. The van der Waals surface area contributed by atoms with Gasteiger partial charge in [0.15, 0.2) is 10.9 Å².